The Morgan fingerprint density at radius 3 is 2.39 bits per heavy atom. The third-order valence-electron chi connectivity index (χ3n) is 6.60. The fraction of sp³-hybridized carbons (Fsp3) is 0.542. The monoisotopic (exact) mass is 474 g/mol. The van der Waals surface area contributed by atoms with Crippen molar-refractivity contribution < 1.29 is 17.6 Å². The first kappa shape index (κ1) is 23.8. The first-order valence-corrected chi connectivity index (χ1v) is 13.2. The number of nitrogens with zero attached hydrogens (tertiary/aromatic N) is 3. The molecule has 1 atom stereocenters. The molecule has 3 heterocycles. The van der Waals surface area contributed by atoms with Crippen LogP contribution in [0.2, 0.25) is 0 Å². The quantitative estimate of drug-likeness (QED) is 0.633. The Kier molecular flexibility index (Phi) is 7.41. The number of nitrogens with one attached hydrogen (secondary N) is 1. The van der Waals surface area contributed by atoms with Gasteiger partial charge in [-0.25, -0.2) is 12.7 Å². The molecule has 1 aromatic carbocycles. The first-order valence-electron chi connectivity index (χ1n) is 11.7. The van der Waals surface area contributed by atoms with Crippen molar-refractivity contribution in [3.05, 3.63) is 47.9 Å². The van der Waals surface area contributed by atoms with Crippen LogP contribution in [-0.2, 0) is 10.0 Å². The smallest absolute Gasteiger partial charge is 0.253 e. The Balaban J connectivity index is 1.61. The zero-order valence-electron chi connectivity index (χ0n) is 19.5. The molecule has 0 unspecified atom stereocenters. The molecule has 0 aliphatic carbocycles. The molecule has 180 valence electrons. The molecule has 0 radical (unpaired) electrons. The largest absolute Gasteiger partial charge is 0.468 e. The van der Waals surface area contributed by atoms with E-state index in [-0.39, 0.29) is 16.8 Å². The summed E-state index contributed by atoms with van der Waals surface area (Å²) in [4.78, 5) is 18.1. The Hall–Kier alpha value is -2.36. The van der Waals surface area contributed by atoms with E-state index in [1.54, 1.807) is 18.4 Å². The highest BCUT2D eigenvalue weighted by Gasteiger charge is 2.28. The second-order valence-electron chi connectivity index (χ2n) is 9.00. The van der Waals surface area contributed by atoms with Gasteiger partial charge < -0.3 is 14.6 Å². The van der Waals surface area contributed by atoms with E-state index >= 15 is 0 Å². The lowest BCUT2D eigenvalue weighted by Gasteiger charge is -2.31. The van der Waals surface area contributed by atoms with Crippen molar-refractivity contribution in [3.8, 4) is 0 Å². The van der Waals surface area contributed by atoms with Crippen molar-refractivity contribution in [2.75, 3.05) is 51.7 Å². The summed E-state index contributed by atoms with van der Waals surface area (Å²) in [5.41, 5.74) is 1.19. The van der Waals surface area contributed by atoms with Gasteiger partial charge in [0.05, 0.1) is 22.8 Å². The minimum absolute atomic E-state index is 0.0430. The zero-order valence-corrected chi connectivity index (χ0v) is 20.3. The maximum absolute atomic E-state index is 13.5. The number of rotatable bonds is 8. The molecule has 2 aliphatic heterocycles. The van der Waals surface area contributed by atoms with Gasteiger partial charge in [-0.1, -0.05) is 0 Å². The summed E-state index contributed by atoms with van der Waals surface area (Å²) < 4.78 is 32.3. The van der Waals surface area contributed by atoms with E-state index in [2.05, 4.69) is 15.1 Å². The average molecular weight is 475 g/mol. The number of hydrogen-bond donors (Lipinski definition) is 1. The lowest BCUT2D eigenvalue weighted by molar-refractivity contribution is 0.0934. The minimum Gasteiger partial charge on any atom is -0.468 e. The minimum atomic E-state index is -3.65. The summed E-state index contributed by atoms with van der Waals surface area (Å²) in [5, 5.41) is 3.08. The van der Waals surface area contributed by atoms with Gasteiger partial charge in [0.15, 0.2) is 0 Å². The highest BCUT2D eigenvalue weighted by molar-refractivity contribution is 7.89. The van der Waals surface area contributed by atoms with Gasteiger partial charge in [0.2, 0.25) is 10.0 Å². The predicted octanol–water partition coefficient (Wildman–Crippen LogP) is 3.09. The molecule has 9 heteroatoms. The summed E-state index contributed by atoms with van der Waals surface area (Å²) in [6, 6.07) is 8.67. The number of sulfonamides is 1. The number of amides is 1. The van der Waals surface area contributed by atoms with Crippen molar-refractivity contribution >= 4 is 21.6 Å². The van der Waals surface area contributed by atoms with Gasteiger partial charge in [-0.3, -0.25) is 9.69 Å². The molecule has 33 heavy (non-hydrogen) atoms. The molecule has 2 fully saturated rings. The third-order valence-corrected chi connectivity index (χ3v) is 8.41. The van der Waals surface area contributed by atoms with Crippen LogP contribution in [0.1, 0.15) is 54.3 Å². The molecule has 0 bridgehead atoms. The standard InChI is InChI=1S/C24H34N4O4S/c1-26(2)33(30,31)19-10-11-21(27-12-4-3-5-13-27)20(17-19)24(29)25-18-22(23-9-8-16-32-23)28-14-6-7-15-28/h8-11,16-17,22H,3-7,12-15,18H2,1-2H3,(H,25,29)/t22-/m0/s1. The summed E-state index contributed by atoms with van der Waals surface area (Å²) in [6.07, 6.45) is 7.22. The van der Waals surface area contributed by atoms with Gasteiger partial charge in [-0.05, 0) is 75.5 Å². The molecule has 1 amide bonds. The molecule has 8 nitrogen and oxygen atoms in total. The number of benzene rings is 1. The van der Waals surface area contributed by atoms with Crippen LogP contribution in [0.3, 0.4) is 0 Å². The van der Waals surface area contributed by atoms with Crippen LogP contribution >= 0.6 is 0 Å². The SMILES string of the molecule is CN(C)S(=O)(=O)c1ccc(N2CCCCC2)c(C(=O)NC[C@@H](c2ccco2)N2CCCC2)c1. The number of carbonyl (C=O) groups is 1. The Bertz CT molecular complexity index is 1040. The highest BCUT2D eigenvalue weighted by Crippen LogP contribution is 2.29. The Morgan fingerprint density at radius 1 is 1.06 bits per heavy atom. The van der Waals surface area contributed by atoms with Gasteiger partial charge >= 0.3 is 0 Å². The maximum Gasteiger partial charge on any atom is 0.253 e. The molecule has 2 saturated heterocycles. The summed E-state index contributed by atoms with van der Waals surface area (Å²) in [5.74, 6) is 0.569. The number of carbonyl (C=O) groups excluding carboxylic acids is 1. The van der Waals surface area contributed by atoms with E-state index in [0.29, 0.717) is 12.1 Å². The van der Waals surface area contributed by atoms with E-state index in [9.17, 15) is 13.2 Å². The normalized spacial score (nSPS) is 18.6. The van der Waals surface area contributed by atoms with Crippen molar-refractivity contribution in [1.82, 2.24) is 14.5 Å². The van der Waals surface area contributed by atoms with Crippen molar-refractivity contribution in [2.24, 2.45) is 0 Å². The molecule has 2 aliphatic rings. The molecular formula is C24H34N4O4S. The van der Waals surface area contributed by atoms with Gasteiger partial charge in [0, 0.05) is 39.4 Å². The van der Waals surface area contributed by atoms with Crippen LogP contribution in [0.15, 0.2) is 45.9 Å². The zero-order chi connectivity index (χ0) is 23.4. The second-order valence-corrected chi connectivity index (χ2v) is 11.2. The topological polar surface area (TPSA) is 86.1 Å². The third kappa shape index (κ3) is 5.26. The van der Waals surface area contributed by atoms with Crippen LogP contribution in [-0.4, -0.2) is 70.3 Å². The summed E-state index contributed by atoms with van der Waals surface area (Å²) in [7, 11) is -0.653. The van der Waals surface area contributed by atoms with E-state index in [1.165, 1.54) is 30.9 Å². The number of piperidine rings is 1. The summed E-state index contributed by atoms with van der Waals surface area (Å²) >= 11 is 0. The van der Waals surface area contributed by atoms with Crippen LogP contribution in [0.4, 0.5) is 5.69 Å². The van der Waals surface area contributed by atoms with Crippen molar-refractivity contribution in [1.29, 1.82) is 0 Å². The van der Waals surface area contributed by atoms with Crippen molar-refractivity contribution in [3.63, 3.8) is 0 Å². The van der Waals surface area contributed by atoms with Gasteiger partial charge in [0.1, 0.15) is 5.76 Å². The van der Waals surface area contributed by atoms with Gasteiger partial charge in [0.25, 0.3) is 5.91 Å². The summed E-state index contributed by atoms with van der Waals surface area (Å²) in [6.45, 7) is 4.07. The van der Waals surface area contributed by atoms with E-state index < -0.39 is 10.0 Å². The van der Waals surface area contributed by atoms with Crippen LogP contribution in [0.5, 0.6) is 0 Å². The predicted molar refractivity (Wildman–Crippen MR) is 128 cm³/mol. The molecule has 0 saturated carbocycles. The van der Waals surface area contributed by atoms with Gasteiger partial charge in [-0.15, -0.1) is 0 Å². The Labute approximate surface area is 196 Å². The number of likely N-dealkylation sites (tertiary alicyclic amines) is 1. The van der Waals surface area contributed by atoms with E-state index in [4.69, 9.17) is 4.42 Å². The fourth-order valence-electron chi connectivity index (χ4n) is 4.71. The molecule has 2 aromatic rings. The second kappa shape index (κ2) is 10.3. The van der Waals surface area contributed by atoms with Crippen molar-refractivity contribution in [2.45, 2.75) is 43.0 Å². The Morgan fingerprint density at radius 2 is 1.76 bits per heavy atom. The van der Waals surface area contributed by atoms with Crippen LogP contribution in [0, 0.1) is 0 Å². The molecule has 4 rings (SSSR count). The van der Waals surface area contributed by atoms with Gasteiger partial charge in [-0.2, -0.15) is 0 Å². The van der Waals surface area contributed by atoms with E-state index in [1.807, 2.05) is 12.1 Å². The number of furan rings is 1. The maximum atomic E-state index is 13.5. The van der Waals surface area contributed by atoms with Crippen LogP contribution < -0.4 is 10.2 Å². The first-order chi connectivity index (χ1) is 15.9. The molecule has 1 N–H and O–H groups in total. The number of hydrogen-bond acceptors (Lipinski definition) is 6. The molecule has 1 aromatic heterocycles. The molecular weight excluding hydrogens is 440 g/mol. The fourth-order valence-corrected chi connectivity index (χ4v) is 5.64. The molecule has 0 spiro atoms. The highest BCUT2D eigenvalue weighted by atomic mass is 32.2. The van der Waals surface area contributed by atoms with Crippen LogP contribution in [0.25, 0.3) is 0 Å². The lowest BCUT2D eigenvalue weighted by Crippen LogP contribution is -2.38. The number of anilines is 1. The average Bonchev–Trinajstić information content (AvgIpc) is 3.54. The lowest BCUT2D eigenvalue weighted by atomic mass is 10.1. The van der Waals surface area contributed by atoms with E-state index in [0.717, 1.165) is 63.3 Å².